The molecule has 6 nitrogen and oxygen atoms in total. The van der Waals surface area contributed by atoms with Crippen molar-refractivity contribution in [3.8, 4) is 11.5 Å². The molecule has 0 bridgehead atoms. The summed E-state index contributed by atoms with van der Waals surface area (Å²) >= 11 is 3.39. The third-order valence-corrected chi connectivity index (χ3v) is 4.11. The highest BCUT2D eigenvalue weighted by Crippen LogP contribution is 2.22. The molecule has 2 aromatic rings. The van der Waals surface area contributed by atoms with Gasteiger partial charge in [-0.1, -0.05) is 15.9 Å². The van der Waals surface area contributed by atoms with Gasteiger partial charge < -0.3 is 14.2 Å². The van der Waals surface area contributed by atoms with Crippen LogP contribution < -0.4 is 9.47 Å². The molecule has 0 spiro atoms. The Balaban J connectivity index is 1.68. The molecule has 0 aliphatic carbocycles. The highest BCUT2D eigenvalue weighted by atomic mass is 79.9. The molecule has 0 radical (unpaired) electrons. The Morgan fingerprint density at radius 1 is 1.16 bits per heavy atom. The van der Waals surface area contributed by atoms with Gasteiger partial charge in [-0.15, -0.1) is 5.10 Å². The van der Waals surface area contributed by atoms with E-state index in [1.807, 2.05) is 24.3 Å². The molecule has 1 aliphatic heterocycles. The summed E-state index contributed by atoms with van der Waals surface area (Å²) in [5.74, 6) is 1.59. The van der Waals surface area contributed by atoms with Gasteiger partial charge in [0, 0.05) is 17.0 Å². The van der Waals surface area contributed by atoms with Crippen LogP contribution in [0.1, 0.15) is 12.5 Å². The Labute approximate surface area is 154 Å². The van der Waals surface area contributed by atoms with Crippen LogP contribution in [0.15, 0.2) is 58.1 Å². The highest BCUT2D eigenvalue weighted by Gasteiger charge is 2.32. The molecule has 130 valence electrons. The Hall–Kier alpha value is -2.54. The third kappa shape index (κ3) is 4.11. The van der Waals surface area contributed by atoms with Gasteiger partial charge in [-0.2, -0.15) is 5.01 Å². The topological polar surface area (TPSA) is 60.4 Å². The van der Waals surface area contributed by atoms with Gasteiger partial charge in [0.25, 0.3) is 0 Å². The number of ether oxygens (including phenoxy) is 3. The molecule has 1 atom stereocenters. The second-order valence-corrected chi connectivity index (χ2v) is 6.25. The summed E-state index contributed by atoms with van der Waals surface area (Å²) in [6, 6.07) is 14.7. The summed E-state index contributed by atoms with van der Waals surface area (Å²) in [4.78, 5) is 11.8. The van der Waals surface area contributed by atoms with Crippen molar-refractivity contribution >= 4 is 27.7 Å². The lowest BCUT2D eigenvalue weighted by atomic mass is 10.2. The first kappa shape index (κ1) is 17.3. The summed E-state index contributed by atoms with van der Waals surface area (Å²) in [6.45, 7) is 1.60. The van der Waals surface area contributed by atoms with E-state index in [0.717, 1.165) is 15.8 Å². The van der Waals surface area contributed by atoms with Crippen molar-refractivity contribution in [1.29, 1.82) is 0 Å². The number of carbonyl (C=O) groups excluding carboxylic acids is 1. The maximum Gasteiger partial charge on any atom is 0.243 e. The molecule has 3 rings (SSSR count). The van der Waals surface area contributed by atoms with Gasteiger partial charge in [-0.05, 0) is 48.5 Å². The average Bonchev–Trinajstić information content (AvgIpc) is 3.05. The van der Waals surface area contributed by atoms with Gasteiger partial charge in [0.05, 0.1) is 7.11 Å². The lowest BCUT2D eigenvalue weighted by Gasteiger charge is -2.19. The minimum atomic E-state index is -0.613. The minimum Gasteiger partial charge on any atom is -0.497 e. The number of hydrazone groups is 1. The molecule has 7 heteroatoms. The zero-order valence-electron chi connectivity index (χ0n) is 13.8. The van der Waals surface area contributed by atoms with Gasteiger partial charge in [0.1, 0.15) is 18.1 Å². The fourth-order valence-corrected chi connectivity index (χ4v) is 2.56. The lowest BCUT2D eigenvalue weighted by molar-refractivity contribution is -0.136. The predicted octanol–water partition coefficient (Wildman–Crippen LogP) is 3.40. The Morgan fingerprint density at radius 2 is 1.80 bits per heavy atom. The summed E-state index contributed by atoms with van der Waals surface area (Å²) in [5, 5.41) is 5.56. The van der Waals surface area contributed by atoms with E-state index in [0.29, 0.717) is 11.6 Å². The number of hydrogen-bond acceptors (Lipinski definition) is 5. The van der Waals surface area contributed by atoms with Crippen LogP contribution in [0.2, 0.25) is 0 Å². The molecule has 0 N–H and O–H groups in total. The van der Waals surface area contributed by atoms with E-state index in [1.54, 1.807) is 31.4 Å². The lowest BCUT2D eigenvalue weighted by Crippen LogP contribution is -2.36. The zero-order valence-corrected chi connectivity index (χ0v) is 15.4. The van der Waals surface area contributed by atoms with Crippen molar-refractivity contribution in [2.45, 2.75) is 13.2 Å². The second kappa shape index (κ2) is 7.57. The first-order valence-corrected chi connectivity index (χ1v) is 8.44. The van der Waals surface area contributed by atoms with Crippen LogP contribution in [0.25, 0.3) is 0 Å². The molecule has 0 saturated heterocycles. The normalized spacial score (nSPS) is 16.2. The van der Waals surface area contributed by atoms with Gasteiger partial charge in [-0.3, -0.25) is 4.79 Å². The fraction of sp³-hybridized carbons (Fsp3) is 0.222. The van der Waals surface area contributed by atoms with Crippen LogP contribution in [0.3, 0.4) is 0 Å². The van der Waals surface area contributed by atoms with Gasteiger partial charge in [0.2, 0.25) is 18.0 Å². The van der Waals surface area contributed by atoms with Crippen LogP contribution in [0.4, 0.5) is 0 Å². The van der Waals surface area contributed by atoms with E-state index in [9.17, 15) is 4.79 Å². The molecule has 25 heavy (non-hydrogen) atoms. The maximum absolute atomic E-state index is 11.8. The van der Waals surface area contributed by atoms with Crippen molar-refractivity contribution in [1.82, 2.24) is 5.01 Å². The maximum atomic E-state index is 11.8. The first-order chi connectivity index (χ1) is 12.1. The van der Waals surface area contributed by atoms with E-state index < -0.39 is 6.23 Å². The quantitative estimate of drug-likeness (QED) is 0.765. The molecular formula is C18H17BrN2O4. The van der Waals surface area contributed by atoms with Crippen molar-refractivity contribution in [3.63, 3.8) is 0 Å². The third-order valence-electron chi connectivity index (χ3n) is 3.58. The molecule has 1 aliphatic rings. The predicted molar refractivity (Wildman–Crippen MR) is 96.6 cm³/mol. The van der Waals surface area contributed by atoms with Crippen LogP contribution >= 0.6 is 15.9 Å². The number of rotatable bonds is 5. The van der Waals surface area contributed by atoms with Crippen molar-refractivity contribution in [2.75, 3.05) is 13.7 Å². The van der Waals surface area contributed by atoms with Gasteiger partial charge in [0.15, 0.2) is 0 Å². The van der Waals surface area contributed by atoms with Crippen LogP contribution in [-0.2, 0) is 9.53 Å². The number of amides is 1. The summed E-state index contributed by atoms with van der Waals surface area (Å²) in [7, 11) is 1.61. The number of hydrogen-bond donors (Lipinski definition) is 0. The molecule has 2 aromatic carbocycles. The summed E-state index contributed by atoms with van der Waals surface area (Å²) < 4.78 is 17.6. The Morgan fingerprint density at radius 3 is 2.40 bits per heavy atom. The number of benzene rings is 2. The number of halogens is 1. The zero-order chi connectivity index (χ0) is 17.8. The molecule has 0 unspecified atom stereocenters. The van der Waals surface area contributed by atoms with Gasteiger partial charge in [-0.25, -0.2) is 0 Å². The van der Waals surface area contributed by atoms with E-state index in [2.05, 4.69) is 21.0 Å². The summed E-state index contributed by atoms with van der Waals surface area (Å²) in [5.41, 5.74) is 0.793. The standard InChI is InChI=1S/C18H17BrN2O4/c1-12(22)21-17(11-24-16-9-7-15(23-2)8-10-16)25-18(20-21)13-3-5-14(19)6-4-13/h3-10,17H,11H2,1-2H3/t17-/m0/s1. The molecule has 0 fully saturated rings. The second-order valence-electron chi connectivity index (χ2n) is 5.33. The number of carbonyl (C=O) groups is 1. The first-order valence-electron chi connectivity index (χ1n) is 7.64. The van der Waals surface area contributed by atoms with Crippen molar-refractivity contribution < 1.29 is 19.0 Å². The van der Waals surface area contributed by atoms with Crippen molar-refractivity contribution in [2.24, 2.45) is 5.10 Å². The monoisotopic (exact) mass is 404 g/mol. The van der Waals surface area contributed by atoms with Crippen LogP contribution in [0.5, 0.6) is 11.5 Å². The van der Waals surface area contributed by atoms with Crippen LogP contribution in [-0.4, -0.2) is 36.8 Å². The fourth-order valence-electron chi connectivity index (χ4n) is 2.30. The van der Waals surface area contributed by atoms with Crippen molar-refractivity contribution in [3.05, 3.63) is 58.6 Å². The smallest absolute Gasteiger partial charge is 0.243 e. The van der Waals surface area contributed by atoms with Gasteiger partial charge >= 0.3 is 0 Å². The van der Waals surface area contributed by atoms with E-state index in [-0.39, 0.29) is 12.5 Å². The molecule has 0 aromatic heterocycles. The van der Waals surface area contributed by atoms with E-state index >= 15 is 0 Å². The average molecular weight is 405 g/mol. The largest absolute Gasteiger partial charge is 0.497 e. The molecular weight excluding hydrogens is 388 g/mol. The number of nitrogens with zero attached hydrogens (tertiary/aromatic N) is 2. The summed E-state index contributed by atoms with van der Waals surface area (Å²) in [6.07, 6.45) is -0.613. The van der Waals surface area contributed by atoms with Crippen LogP contribution in [0, 0.1) is 0 Å². The molecule has 0 saturated carbocycles. The number of methoxy groups -OCH3 is 1. The SMILES string of the molecule is COc1ccc(OC[C@@H]2OC(c3ccc(Br)cc3)=NN2C(C)=O)cc1. The van der Waals surface area contributed by atoms with E-state index in [1.165, 1.54) is 11.9 Å². The Kier molecular flexibility index (Phi) is 5.23. The molecule has 1 amide bonds. The molecule has 1 heterocycles. The highest BCUT2D eigenvalue weighted by molar-refractivity contribution is 9.10. The Bertz CT molecular complexity index is 775. The minimum absolute atomic E-state index is 0.162. The van der Waals surface area contributed by atoms with E-state index in [4.69, 9.17) is 14.2 Å².